The molecule has 0 radical (unpaired) electrons. The van der Waals surface area contributed by atoms with Gasteiger partial charge in [-0.3, -0.25) is 0 Å². The van der Waals surface area contributed by atoms with Gasteiger partial charge in [-0.25, -0.2) is 0 Å². The molecule has 0 unspecified atom stereocenters. The van der Waals surface area contributed by atoms with Crippen molar-refractivity contribution < 1.29 is 0 Å². The Bertz CT molecular complexity index is 2740. The summed E-state index contributed by atoms with van der Waals surface area (Å²) in [4.78, 5) is 4.77. The molecule has 0 fully saturated rings. The van der Waals surface area contributed by atoms with Crippen LogP contribution in [0.3, 0.4) is 0 Å². The predicted molar refractivity (Wildman–Crippen MR) is 241 cm³/mol. The quantitative estimate of drug-likeness (QED) is 0.144. The standard InChI is InChI=1S/C54H46N2/c1-37-15-23-41(24-16-37)53-49-33-31-48(56(44-13-9-6-10-14-44)46-29-21-40(4)22-30-46)36-52(49)54(42-25-17-38(2)18-26-42)50-34-32-47(35-51(50)53)55(43-11-7-5-8-12-43)45-27-19-39(3)20-28-45/h5-17,19-25,27-36H,18,26H2,1-4H3. The van der Waals surface area contributed by atoms with Crippen LogP contribution in [0, 0.1) is 20.8 Å². The third kappa shape index (κ3) is 6.69. The lowest BCUT2D eigenvalue weighted by atomic mass is 9.82. The van der Waals surface area contributed by atoms with Crippen molar-refractivity contribution in [2.45, 2.75) is 40.5 Å². The number of hydrogen-bond donors (Lipinski definition) is 0. The van der Waals surface area contributed by atoms with E-state index in [0.717, 1.165) is 47.0 Å². The molecule has 1 aliphatic rings. The maximum absolute atomic E-state index is 2.44. The number of aryl methyl sites for hydroxylation is 3. The summed E-state index contributed by atoms with van der Waals surface area (Å²) in [5, 5.41) is 5.04. The molecular formula is C54H46N2. The van der Waals surface area contributed by atoms with Crippen molar-refractivity contribution in [2.75, 3.05) is 9.80 Å². The van der Waals surface area contributed by atoms with Crippen molar-refractivity contribution in [3.05, 3.63) is 210 Å². The minimum atomic E-state index is 1.00. The highest BCUT2D eigenvalue weighted by Gasteiger charge is 2.23. The lowest BCUT2D eigenvalue weighted by Crippen LogP contribution is -2.10. The average Bonchev–Trinajstić information content (AvgIpc) is 3.23. The van der Waals surface area contributed by atoms with Crippen LogP contribution >= 0.6 is 0 Å². The summed E-state index contributed by atoms with van der Waals surface area (Å²) in [6.07, 6.45) is 6.75. The number of allylic oxidation sites excluding steroid dienone is 4. The molecule has 0 amide bonds. The summed E-state index contributed by atoms with van der Waals surface area (Å²) in [5.74, 6) is 0. The van der Waals surface area contributed by atoms with Crippen molar-refractivity contribution >= 4 is 61.2 Å². The smallest absolute Gasteiger partial charge is 0.0468 e. The molecule has 272 valence electrons. The Morgan fingerprint density at radius 1 is 0.339 bits per heavy atom. The van der Waals surface area contributed by atoms with Crippen molar-refractivity contribution in [3.63, 3.8) is 0 Å². The second kappa shape index (κ2) is 14.9. The van der Waals surface area contributed by atoms with Crippen LogP contribution in [0.1, 0.15) is 42.0 Å². The van der Waals surface area contributed by atoms with Crippen LogP contribution < -0.4 is 9.80 Å². The summed E-state index contributed by atoms with van der Waals surface area (Å²) < 4.78 is 0. The van der Waals surface area contributed by atoms with Gasteiger partial charge in [0.1, 0.15) is 0 Å². The molecule has 0 N–H and O–H groups in total. The van der Waals surface area contributed by atoms with Gasteiger partial charge >= 0.3 is 0 Å². The van der Waals surface area contributed by atoms with Crippen LogP contribution in [-0.2, 0) is 0 Å². The van der Waals surface area contributed by atoms with E-state index in [2.05, 4.69) is 220 Å². The first-order valence-electron chi connectivity index (χ1n) is 19.7. The van der Waals surface area contributed by atoms with Gasteiger partial charge in [-0.15, -0.1) is 0 Å². The van der Waals surface area contributed by atoms with Crippen LogP contribution in [0.25, 0.3) is 38.2 Å². The van der Waals surface area contributed by atoms with Gasteiger partial charge in [0.25, 0.3) is 0 Å². The topological polar surface area (TPSA) is 6.48 Å². The number of fused-ring (bicyclic) bond motifs is 2. The summed E-state index contributed by atoms with van der Waals surface area (Å²) in [5.41, 5.74) is 17.2. The number of para-hydroxylation sites is 2. The van der Waals surface area contributed by atoms with Crippen LogP contribution in [0.2, 0.25) is 0 Å². The molecule has 9 rings (SSSR count). The van der Waals surface area contributed by atoms with E-state index in [0.29, 0.717) is 0 Å². The van der Waals surface area contributed by atoms with E-state index in [-0.39, 0.29) is 0 Å². The van der Waals surface area contributed by atoms with Crippen molar-refractivity contribution in [2.24, 2.45) is 0 Å². The molecule has 0 bridgehead atoms. The molecule has 56 heavy (non-hydrogen) atoms. The molecule has 0 spiro atoms. The SMILES string of the molecule is CC1=CC=C(c2c3cc(N(c4ccccc4)c4ccc(C)cc4)ccc3c(-c3ccc(C)cc3)c3cc(N(c4ccccc4)c4ccc(C)cc4)ccc23)CC1. The Morgan fingerprint density at radius 3 is 1.21 bits per heavy atom. The number of rotatable bonds is 8. The fourth-order valence-corrected chi connectivity index (χ4v) is 8.25. The maximum Gasteiger partial charge on any atom is 0.0468 e. The van der Waals surface area contributed by atoms with E-state index in [1.165, 1.54) is 66.1 Å². The van der Waals surface area contributed by atoms with Gasteiger partial charge in [0.05, 0.1) is 0 Å². The van der Waals surface area contributed by atoms with Crippen molar-refractivity contribution in [1.82, 2.24) is 0 Å². The largest absolute Gasteiger partial charge is 0.310 e. The molecule has 2 nitrogen and oxygen atoms in total. The second-order valence-electron chi connectivity index (χ2n) is 15.3. The molecular weight excluding hydrogens is 677 g/mol. The van der Waals surface area contributed by atoms with E-state index in [1.54, 1.807) is 0 Å². The first-order valence-corrected chi connectivity index (χ1v) is 19.7. The average molecular weight is 723 g/mol. The minimum Gasteiger partial charge on any atom is -0.310 e. The number of benzene rings is 8. The van der Waals surface area contributed by atoms with E-state index in [4.69, 9.17) is 0 Å². The van der Waals surface area contributed by atoms with Gasteiger partial charge in [-0.1, -0.05) is 131 Å². The van der Waals surface area contributed by atoms with Gasteiger partial charge in [0.2, 0.25) is 0 Å². The molecule has 0 atom stereocenters. The predicted octanol–water partition coefficient (Wildman–Crippen LogP) is 15.6. The van der Waals surface area contributed by atoms with Gasteiger partial charge in [0.15, 0.2) is 0 Å². The fourth-order valence-electron chi connectivity index (χ4n) is 8.25. The normalized spacial score (nSPS) is 12.7. The molecule has 0 aliphatic heterocycles. The third-order valence-corrected chi connectivity index (χ3v) is 11.2. The Hall–Kier alpha value is -6.64. The van der Waals surface area contributed by atoms with E-state index in [9.17, 15) is 0 Å². The Morgan fingerprint density at radius 2 is 0.750 bits per heavy atom. The van der Waals surface area contributed by atoms with E-state index in [1.807, 2.05) is 0 Å². The van der Waals surface area contributed by atoms with E-state index < -0.39 is 0 Å². The molecule has 8 aromatic carbocycles. The van der Waals surface area contributed by atoms with Gasteiger partial charge in [-0.05, 0) is 157 Å². The molecule has 2 heteroatoms. The molecule has 0 heterocycles. The first-order chi connectivity index (χ1) is 27.4. The van der Waals surface area contributed by atoms with Crippen LogP contribution in [0.5, 0.6) is 0 Å². The van der Waals surface area contributed by atoms with Gasteiger partial charge in [-0.2, -0.15) is 0 Å². The summed E-state index contributed by atoms with van der Waals surface area (Å²) >= 11 is 0. The highest BCUT2D eigenvalue weighted by Crippen LogP contribution is 2.48. The van der Waals surface area contributed by atoms with Crippen LogP contribution in [0.15, 0.2) is 188 Å². The monoisotopic (exact) mass is 722 g/mol. The Balaban J connectivity index is 1.37. The summed E-state index contributed by atoms with van der Waals surface area (Å²) in [7, 11) is 0. The van der Waals surface area contributed by atoms with Crippen molar-refractivity contribution in [3.8, 4) is 11.1 Å². The maximum atomic E-state index is 2.44. The minimum absolute atomic E-state index is 1.00. The zero-order valence-corrected chi connectivity index (χ0v) is 32.6. The Labute approximate surface area is 331 Å². The van der Waals surface area contributed by atoms with Crippen LogP contribution in [-0.4, -0.2) is 0 Å². The highest BCUT2D eigenvalue weighted by atomic mass is 15.1. The molecule has 0 aromatic heterocycles. The van der Waals surface area contributed by atoms with Gasteiger partial charge < -0.3 is 9.80 Å². The van der Waals surface area contributed by atoms with Crippen molar-refractivity contribution in [1.29, 1.82) is 0 Å². The molecule has 8 aromatic rings. The zero-order chi connectivity index (χ0) is 38.2. The fraction of sp³-hybridized carbons (Fsp3) is 0.111. The number of anilines is 6. The zero-order valence-electron chi connectivity index (χ0n) is 32.6. The first kappa shape index (κ1) is 35.1. The Kier molecular flexibility index (Phi) is 9.33. The lowest BCUT2D eigenvalue weighted by Gasteiger charge is -2.28. The third-order valence-electron chi connectivity index (χ3n) is 11.2. The van der Waals surface area contributed by atoms with Gasteiger partial charge in [0, 0.05) is 34.1 Å². The molecule has 1 aliphatic carbocycles. The summed E-state index contributed by atoms with van der Waals surface area (Å²) in [6.45, 7) is 8.71. The summed E-state index contributed by atoms with van der Waals surface area (Å²) in [6, 6.07) is 62.6. The number of nitrogens with zero attached hydrogens (tertiary/aromatic N) is 2. The highest BCUT2D eigenvalue weighted by molar-refractivity contribution is 6.20. The second-order valence-corrected chi connectivity index (χ2v) is 15.3. The van der Waals surface area contributed by atoms with E-state index >= 15 is 0 Å². The van der Waals surface area contributed by atoms with Crippen LogP contribution in [0.4, 0.5) is 34.1 Å². The number of hydrogen-bond acceptors (Lipinski definition) is 2. The molecule has 0 saturated heterocycles. The lowest BCUT2D eigenvalue weighted by molar-refractivity contribution is 0.979. The molecule has 0 saturated carbocycles.